The number of carbonyl (C=O) groups excluding carboxylic acids is 1. The fourth-order valence-electron chi connectivity index (χ4n) is 2.93. The summed E-state index contributed by atoms with van der Waals surface area (Å²) in [5.74, 6) is -1.94. The van der Waals surface area contributed by atoms with Gasteiger partial charge < -0.3 is 10.2 Å². The van der Waals surface area contributed by atoms with Crippen LogP contribution in [-0.4, -0.2) is 30.7 Å². The van der Waals surface area contributed by atoms with Gasteiger partial charge >= 0.3 is 18.0 Å². The van der Waals surface area contributed by atoms with Crippen LogP contribution in [0.5, 0.6) is 0 Å². The van der Waals surface area contributed by atoms with Crippen LogP contribution in [0.3, 0.4) is 0 Å². The summed E-state index contributed by atoms with van der Waals surface area (Å²) in [5.41, 5.74) is 2.54. The number of aromatic amines is 1. The van der Waals surface area contributed by atoms with E-state index < -0.39 is 29.2 Å². The van der Waals surface area contributed by atoms with Gasteiger partial charge in [0.25, 0.3) is 11.4 Å². The molecule has 148 valence electrons. The van der Waals surface area contributed by atoms with Gasteiger partial charge in [-0.3, -0.25) is 14.7 Å². The molecule has 0 fully saturated rings. The minimum absolute atomic E-state index is 0.0413. The maximum atomic E-state index is 13.7. The van der Waals surface area contributed by atoms with Gasteiger partial charge in [0.1, 0.15) is 11.3 Å². The highest BCUT2D eigenvalue weighted by atomic mass is 19.4. The second-order valence-corrected chi connectivity index (χ2v) is 6.04. The number of aryl methyl sites for hydroxylation is 1. The Morgan fingerprint density at radius 1 is 1.17 bits per heavy atom. The monoisotopic (exact) mass is 404 g/mol. The Balaban J connectivity index is 2.05. The highest BCUT2D eigenvalue weighted by Crippen LogP contribution is 2.38. The molecule has 3 N–H and O–H groups in total. The second kappa shape index (κ2) is 6.29. The lowest BCUT2D eigenvalue weighted by Gasteiger charge is -2.07. The number of nitrogens with two attached hydrogens (primary N) is 1. The molecule has 0 aliphatic carbocycles. The number of H-pyrrole nitrogens is 1. The van der Waals surface area contributed by atoms with Crippen LogP contribution in [0.15, 0.2) is 39.5 Å². The number of carbonyl (C=O) groups is 1. The first kappa shape index (κ1) is 18.4. The molecule has 1 amide bonds. The van der Waals surface area contributed by atoms with Crippen molar-refractivity contribution in [2.45, 2.75) is 13.1 Å². The Bertz CT molecular complexity index is 1300. The van der Waals surface area contributed by atoms with Gasteiger partial charge in [0.2, 0.25) is 0 Å². The number of fused-ring (bicyclic) bond motifs is 1. The molecule has 0 bridgehead atoms. The minimum atomic E-state index is -4.77. The Morgan fingerprint density at radius 2 is 1.86 bits per heavy atom. The zero-order valence-electron chi connectivity index (χ0n) is 14.6. The van der Waals surface area contributed by atoms with Gasteiger partial charge in [-0.25, -0.2) is 4.98 Å². The van der Waals surface area contributed by atoms with E-state index in [4.69, 9.17) is 10.2 Å². The molecule has 29 heavy (non-hydrogen) atoms. The van der Waals surface area contributed by atoms with Crippen LogP contribution in [0, 0.1) is 6.92 Å². The number of nitrogens with zero attached hydrogens (tertiary/aromatic N) is 4. The van der Waals surface area contributed by atoms with Crippen molar-refractivity contribution < 1.29 is 22.4 Å². The molecule has 9 nitrogen and oxygen atoms in total. The smallest absolute Gasteiger partial charge is 0.412 e. The zero-order chi connectivity index (χ0) is 20.9. The Kier molecular flexibility index (Phi) is 3.99. The lowest BCUT2D eigenvalue weighted by Crippen LogP contribution is -2.20. The first-order chi connectivity index (χ1) is 13.7. The van der Waals surface area contributed by atoms with Crippen LogP contribution in [0.1, 0.15) is 22.1 Å². The molecular weight excluding hydrogens is 393 g/mol. The fourth-order valence-corrected chi connectivity index (χ4v) is 2.93. The third kappa shape index (κ3) is 2.94. The molecular formula is C17H11F3N6O3. The van der Waals surface area contributed by atoms with Crippen LogP contribution in [0.4, 0.5) is 13.2 Å². The van der Waals surface area contributed by atoms with E-state index in [-0.39, 0.29) is 33.9 Å². The highest BCUT2D eigenvalue weighted by molar-refractivity contribution is 5.88. The summed E-state index contributed by atoms with van der Waals surface area (Å²) >= 11 is 0. The summed E-state index contributed by atoms with van der Waals surface area (Å²) < 4.78 is 46.7. The molecule has 0 spiro atoms. The summed E-state index contributed by atoms with van der Waals surface area (Å²) in [6, 6.07) is 7.75. The third-order valence-electron chi connectivity index (χ3n) is 4.16. The molecule has 1 aromatic carbocycles. The van der Waals surface area contributed by atoms with Crippen molar-refractivity contribution in [2.75, 3.05) is 0 Å². The molecule has 0 aliphatic rings. The Hall–Kier alpha value is -3.96. The van der Waals surface area contributed by atoms with E-state index in [9.17, 15) is 22.8 Å². The fraction of sp³-hybridized carbons (Fsp3) is 0.118. The van der Waals surface area contributed by atoms with Crippen LogP contribution >= 0.6 is 0 Å². The average molecular weight is 404 g/mol. The van der Waals surface area contributed by atoms with Gasteiger partial charge in [-0.15, -0.1) is 10.2 Å². The molecule has 0 radical (unpaired) electrons. The number of benzene rings is 1. The normalized spacial score (nSPS) is 11.9. The van der Waals surface area contributed by atoms with Gasteiger partial charge in [-0.2, -0.15) is 17.7 Å². The van der Waals surface area contributed by atoms with Crippen LogP contribution in [0.25, 0.3) is 28.2 Å². The van der Waals surface area contributed by atoms with Crippen molar-refractivity contribution in [1.29, 1.82) is 0 Å². The molecule has 3 aromatic heterocycles. The second-order valence-electron chi connectivity index (χ2n) is 6.04. The van der Waals surface area contributed by atoms with Crippen molar-refractivity contribution in [1.82, 2.24) is 24.8 Å². The maximum absolute atomic E-state index is 13.7. The molecule has 0 unspecified atom stereocenters. The molecule has 0 saturated carbocycles. The highest BCUT2D eigenvalue weighted by Gasteiger charge is 2.38. The molecule has 0 aliphatic heterocycles. The van der Waals surface area contributed by atoms with Crippen molar-refractivity contribution in [3.8, 4) is 22.6 Å². The maximum Gasteiger partial charge on any atom is 0.433 e. The van der Waals surface area contributed by atoms with Gasteiger partial charge in [-0.1, -0.05) is 30.3 Å². The van der Waals surface area contributed by atoms with E-state index >= 15 is 0 Å². The van der Waals surface area contributed by atoms with Crippen molar-refractivity contribution in [2.24, 2.45) is 5.73 Å². The molecule has 3 heterocycles. The zero-order valence-corrected chi connectivity index (χ0v) is 14.6. The van der Waals surface area contributed by atoms with Crippen LogP contribution < -0.4 is 11.3 Å². The topological polar surface area (TPSA) is 132 Å². The van der Waals surface area contributed by atoms with Gasteiger partial charge in [0.05, 0.1) is 11.3 Å². The standard InChI is InChI=1S/C17H11F3N6O3/c1-7-9(14-23-24-15(29-14)12(21)27)16(28)26-13(22-7)10(8-5-3-2-4-6-8)11(25-26)17(18,19)20/h2-6,25H,1H3,(H2,21,27). The van der Waals surface area contributed by atoms with E-state index in [0.29, 0.717) is 4.52 Å². The number of alkyl halides is 3. The number of primary amides is 1. The van der Waals surface area contributed by atoms with Crippen LogP contribution in [-0.2, 0) is 6.18 Å². The summed E-state index contributed by atoms with van der Waals surface area (Å²) in [4.78, 5) is 28.2. The molecule has 0 saturated heterocycles. The molecule has 4 rings (SSSR count). The SMILES string of the molecule is Cc1nc2c(-c3ccccc3)c(C(F)(F)F)[nH]n2c(=O)c1-c1nnc(C(N)=O)o1. The minimum Gasteiger partial charge on any atom is -0.412 e. The molecule has 4 aromatic rings. The van der Waals surface area contributed by atoms with Crippen molar-refractivity contribution in [3.63, 3.8) is 0 Å². The van der Waals surface area contributed by atoms with Crippen molar-refractivity contribution in [3.05, 3.63) is 58.0 Å². The predicted octanol–water partition coefficient (Wildman–Crippen LogP) is 2.17. The predicted molar refractivity (Wildman–Crippen MR) is 92.8 cm³/mol. The molecule has 12 heteroatoms. The first-order valence-electron chi connectivity index (χ1n) is 8.10. The number of aromatic nitrogens is 5. The van der Waals surface area contributed by atoms with Gasteiger partial charge in [0.15, 0.2) is 5.65 Å². The summed E-state index contributed by atoms with van der Waals surface area (Å²) in [6.45, 7) is 1.40. The van der Waals surface area contributed by atoms with Crippen LogP contribution in [0.2, 0.25) is 0 Å². The van der Waals surface area contributed by atoms with Gasteiger partial charge in [-0.05, 0) is 12.5 Å². The average Bonchev–Trinajstić information content (AvgIpc) is 3.27. The number of amides is 1. The van der Waals surface area contributed by atoms with E-state index in [2.05, 4.69) is 20.3 Å². The number of rotatable bonds is 3. The molecule has 0 atom stereocenters. The third-order valence-corrected chi connectivity index (χ3v) is 4.16. The number of hydrogen-bond donors (Lipinski definition) is 2. The first-order valence-corrected chi connectivity index (χ1v) is 8.10. The summed E-state index contributed by atoms with van der Waals surface area (Å²) in [5, 5.41) is 9.05. The Labute approximate surface area is 159 Å². The van der Waals surface area contributed by atoms with E-state index in [0.717, 1.165) is 0 Å². The largest absolute Gasteiger partial charge is 0.433 e. The number of hydrogen-bond acceptors (Lipinski definition) is 6. The van der Waals surface area contributed by atoms with Crippen molar-refractivity contribution >= 4 is 11.6 Å². The Morgan fingerprint density at radius 3 is 2.45 bits per heavy atom. The van der Waals surface area contributed by atoms with E-state index in [1.54, 1.807) is 18.2 Å². The quantitative estimate of drug-likeness (QED) is 0.538. The van der Waals surface area contributed by atoms with Gasteiger partial charge in [0, 0.05) is 0 Å². The number of nitrogens with one attached hydrogen (secondary N) is 1. The summed E-state index contributed by atoms with van der Waals surface area (Å²) in [7, 11) is 0. The van der Waals surface area contributed by atoms with E-state index in [1.165, 1.54) is 19.1 Å². The lowest BCUT2D eigenvalue weighted by molar-refractivity contribution is -0.140. The summed E-state index contributed by atoms with van der Waals surface area (Å²) in [6.07, 6.45) is -4.77. The number of halogens is 3. The lowest BCUT2D eigenvalue weighted by atomic mass is 10.1. The van der Waals surface area contributed by atoms with E-state index in [1.807, 2.05) is 0 Å².